The number of nitrogens with zero attached hydrogens (tertiary/aromatic N) is 2. The molecule has 0 N–H and O–H groups in total. The van der Waals surface area contributed by atoms with Gasteiger partial charge in [0.05, 0.1) is 0 Å². The molecule has 6 nitrogen and oxygen atoms in total. The van der Waals surface area contributed by atoms with Crippen molar-refractivity contribution in [1.82, 2.24) is 10.1 Å². The molecule has 122 valence electrons. The van der Waals surface area contributed by atoms with Gasteiger partial charge < -0.3 is 18.9 Å². The summed E-state index contributed by atoms with van der Waals surface area (Å²) in [6, 6.07) is 7.16. The van der Waals surface area contributed by atoms with E-state index in [0.717, 1.165) is 31.4 Å². The van der Waals surface area contributed by atoms with Gasteiger partial charge in [0.2, 0.25) is 6.79 Å². The third-order valence-electron chi connectivity index (χ3n) is 3.83. The molecule has 0 atom stereocenters. The van der Waals surface area contributed by atoms with E-state index in [1.54, 1.807) is 18.0 Å². The SMILES string of the molecule is CCCCCN(C)C(=O)c1cc(-c2ccc3c(c2)OCO3)on1. The number of ether oxygens (including phenoxy) is 2. The Hall–Kier alpha value is -2.50. The molecule has 1 aliphatic rings. The van der Waals surface area contributed by atoms with Crippen LogP contribution < -0.4 is 9.47 Å². The van der Waals surface area contributed by atoms with Crippen LogP contribution in [0.5, 0.6) is 11.5 Å². The maximum atomic E-state index is 12.3. The first-order valence-corrected chi connectivity index (χ1v) is 7.81. The van der Waals surface area contributed by atoms with Crippen molar-refractivity contribution in [3.05, 3.63) is 30.0 Å². The topological polar surface area (TPSA) is 64.8 Å². The summed E-state index contributed by atoms with van der Waals surface area (Å²) < 4.78 is 15.9. The first-order chi connectivity index (χ1) is 11.2. The average molecular weight is 316 g/mol. The zero-order chi connectivity index (χ0) is 16.2. The van der Waals surface area contributed by atoms with E-state index in [9.17, 15) is 4.79 Å². The van der Waals surface area contributed by atoms with Crippen molar-refractivity contribution in [2.24, 2.45) is 0 Å². The second kappa shape index (κ2) is 6.73. The Morgan fingerprint density at radius 2 is 2.04 bits per heavy atom. The fraction of sp³-hybridized carbons (Fsp3) is 0.412. The number of aromatic nitrogens is 1. The van der Waals surface area contributed by atoms with Crippen molar-refractivity contribution in [2.75, 3.05) is 20.4 Å². The summed E-state index contributed by atoms with van der Waals surface area (Å²) in [5.41, 5.74) is 1.12. The van der Waals surface area contributed by atoms with Crippen molar-refractivity contribution in [1.29, 1.82) is 0 Å². The Labute approximate surface area is 135 Å². The molecular weight excluding hydrogens is 296 g/mol. The van der Waals surface area contributed by atoms with Crippen LogP contribution in [0.3, 0.4) is 0 Å². The summed E-state index contributed by atoms with van der Waals surface area (Å²) in [5.74, 6) is 1.79. The van der Waals surface area contributed by atoms with Crippen molar-refractivity contribution >= 4 is 5.91 Å². The summed E-state index contributed by atoms with van der Waals surface area (Å²) in [4.78, 5) is 14.0. The van der Waals surface area contributed by atoms with Gasteiger partial charge in [-0.3, -0.25) is 4.79 Å². The molecule has 0 radical (unpaired) electrons. The highest BCUT2D eigenvalue weighted by Gasteiger charge is 2.19. The molecule has 0 bridgehead atoms. The molecule has 23 heavy (non-hydrogen) atoms. The largest absolute Gasteiger partial charge is 0.454 e. The normalized spacial score (nSPS) is 12.4. The quantitative estimate of drug-likeness (QED) is 0.765. The molecule has 0 spiro atoms. The van der Waals surface area contributed by atoms with Gasteiger partial charge in [-0.2, -0.15) is 0 Å². The van der Waals surface area contributed by atoms with E-state index in [0.29, 0.717) is 23.0 Å². The summed E-state index contributed by atoms with van der Waals surface area (Å²) in [7, 11) is 1.78. The maximum Gasteiger partial charge on any atom is 0.275 e. The summed E-state index contributed by atoms with van der Waals surface area (Å²) >= 11 is 0. The minimum atomic E-state index is -0.128. The number of hydrogen-bond acceptors (Lipinski definition) is 5. The van der Waals surface area contributed by atoms with E-state index in [2.05, 4.69) is 12.1 Å². The lowest BCUT2D eigenvalue weighted by molar-refractivity contribution is 0.0782. The number of carbonyl (C=O) groups is 1. The van der Waals surface area contributed by atoms with Gasteiger partial charge in [0, 0.05) is 25.2 Å². The molecule has 0 unspecified atom stereocenters. The highest BCUT2D eigenvalue weighted by molar-refractivity contribution is 5.93. The first kappa shape index (κ1) is 15.4. The van der Waals surface area contributed by atoms with Crippen molar-refractivity contribution in [3.8, 4) is 22.8 Å². The van der Waals surface area contributed by atoms with Crippen LogP contribution in [0.4, 0.5) is 0 Å². The van der Waals surface area contributed by atoms with Gasteiger partial charge in [0.1, 0.15) is 0 Å². The van der Waals surface area contributed by atoms with Gasteiger partial charge in [-0.25, -0.2) is 0 Å². The van der Waals surface area contributed by atoms with Crippen LogP contribution in [0, 0.1) is 0 Å². The summed E-state index contributed by atoms with van der Waals surface area (Å²) in [6.07, 6.45) is 3.23. The van der Waals surface area contributed by atoms with Crippen molar-refractivity contribution in [2.45, 2.75) is 26.2 Å². The van der Waals surface area contributed by atoms with E-state index in [1.165, 1.54) is 0 Å². The minimum Gasteiger partial charge on any atom is -0.454 e. The van der Waals surface area contributed by atoms with Gasteiger partial charge in [0.15, 0.2) is 23.0 Å². The molecule has 0 saturated carbocycles. The molecule has 1 aromatic carbocycles. The van der Waals surface area contributed by atoms with E-state index in [1.807, 2.05) is 18.2 Å². The Bertz CT molecular complexity index is 696. The molecule has 1 amide bonds. The van der Waals surface area contributed by atoms with Crippen LogP contribution >= 0.6 is 0 Å². The number of carbonyl (C=O) groups excluding carboxylic acids is 1. The van der Waals surface area contributed by atoms with Gasteiger partial charge >= 0.3 is 0 Å². The molecule has 2 aromatic rings. The lowest BCUT2D eigenvalue weighted by Gasteiger charge is -2.14. The maximum absolute atomic E-state index is 12.3. The van der Waals surface area contributed by atoms with E-state index in [4.69, 9.17) is 14.0 Å². The number of amides is 1. The van der Waals surface area contributed by atoms with Gasteiger partial charge in [-0.05, 0) is 24.6 Å². The Balaban J connectivity index is 1.71. The summed E-state index contributed by atoms with van der Waals surface area (Å²) in [6.45, 7) is 3.08. The van der Waals surface area contributed by atoms with Crippen LogP contribution in [0.15, 0.2) is 28.8 Å². The highest BCUT2D eigenvalue weighted by Crippen LogP contribution is 2.36. The van der Waals surface area contributed by atoms with Crippen LogP contribution in [0.1, 0.15) is 36.7 Å². The van der Waals surface area contributed by atoms with Crippen LogP contribution in [0.2, 0.25) is 0 Å². The molecule has 0 aliphatic carbocycles. The molecule has 3 rings (SSSR count). The van der Waals surface area contributed by atoms with Crippen LogP contribution in [0.25, 0.3) is 11.3 Å². The third-order valence-corrected chi connectivity index (χ3v) is 3.83. The van der Waals surface area contributed by atoms with Crippen molar-refractivity contribution < 1.29 is 18.8 Å². The van der Waals surface area contributed by atoms with Gasteiger partial charge in [0.25, 0.3) is 5.91 Å². The van der Waals surface area contributed by atoms with Crippen molar-refractivity contribution in [3.63, 3.8) is 0 Å². The van der Waals surface area contributed by atoms with Gasteiger partial charge in [-0.1, -0.05) is 24.9 Å². The molecular formula is C17H20N2O4. The van der Waals surface area contributed by atoms with Gasteiger partial charge in [-0.15, -0.1) is 0 Å². The summed E-state index contributed by atoms with van der Waals surface area (Å²) in [5, 5.41) is 3.90. The first-order valence-electron chi connectivity index (χ1n) is 7.81. The van der Waals surface area contributed by atoms with E-state index < -0.39 is 0 Å². The predicted molar refractivity (Wildman–Crippen MR) is 84.5 cm³/mol. The number of rotatable bonds is 6. The second-order valence-corrected chi connectivity index (χ2v) is 5.58. The van der Waals surface area contributed by atoms with E-state index in [-0.39, 0.29) is 12.7 Å². The monoisotopic (exact) mass is 316 g/mol. The Morgan fingerprint density at radius 1 is 1.22 bits per heavy atom. The smallest absolute Gasteiger partial charge is 0.275 e. The molecule has 6 heteroatoms. The zero-order valence-corrected chi connectivity index (χ0v) is 13.4. The molecule has 2 heterocycles. The number of hydrogen-bond donors (Lipinski definition) is 0. The highest BCUT2D eigenvalue weighted by atomic mass is 16.7. The lowest BCUT2D eigenvalue weighted by atomic mass is 10.1. The number of benzene rings is 1. The van der Waals surface area contributed by atoms with Crippen LogP contribution in [-0.4, -0.2) is 36.3 Å². The average Bonchev–Trinajstić information content (AvgIpc) is 3.22. The fourth-order valence-electron chi connectivity index (χ4n) is 2.46. The molecule has 1 aromatic heterocycles. The van der Waals surface area contributed by atoms with E-state index >= 15 is 0 Å². The zero-order valence-electron chi connectivity index (χ0n) is 13.4. The number of unbranched alkanes of at least 4 members (excludes halogenated alkanes) is 2. The predicted octanol–water partition coefficient (Wildman–Crippen LogP) is 3.33. The minimum absolute atomic E-state index is 0.128. The lowest BCUT2D eigenvalue weighted by Crippen LogP contribution is -2.27. The van der Waals surface area contributed by atoms with Crippen LogP contribution in [-0.2, 0) is 0 Å². The molecule has 0 fully saturated rings. The Morgan fingerprint density at radius 3 is 2.87 bits per heavy atom. The Kier molecular flexibility index (Phi) is 4.50. The number of fused-ring (bicyclic) bond motifs is 1. The molecule has 0 saturated heterocycles. The molecule has 1 aliphatic heterocycles. The third kappa shape index (κ3) is 3.31. The fourth-order valence-corrected chi connectivity index (χ4v) is 2.46. The second-order valence-electron chi connectivity index (χ2n) is 5.58. The standard InChI is InChI=1S/C17H20N2O4/c1-3-4-5-8-19(2)17(20)13-10-15(23-18-13)12-6-7-14-16(9-12)22-11-21-14/h6-7,9-10H,3-5,8,11H2,1-2H3.